The summed E-state index contributed by atoms with van der Waals surface area (Å²) < 4.78 is 0. The first kappa shape index (κ1) is 21.3. The molecule has 0 unspecified atom stereocenters. The summed E-state index contributed by atoms with van der Waals surface area (Å²) in [4.78, 5) is 0. The van der Waals surface area contributed by atoms with Crippen molar-refractivity contribution < 1.29 is 0 Å². The maximum Gasteiger partial charge on any atom is 0.179 e. The summed E-state index contributed by atoms with van der Waals surface area (Å²) >= 11 is 0. The van der Waals surface area contributed by atoms with Crippen molar-refractivity contribution in [2.45, 2.75) is 33.1 Å². The fourth-order valence-electron chi connectivity index (χ4n) is 4.55. The molecule has 0 fully saturated rings. The summed E-state index contributed by atoms with van der Waals surface area (Å²) in [5.74, 6) is 0.559. The highest BCUT2D eigenvalue weighted by atomic mass is 28.3. The second kappa shape index (κ2) is 8.68. The molecule has 0 atom stereocenters. The van der Waals surface area contributed by atoms with Crippen molar-refractivity contribution in [3.63, 3.8) is 0 Å². The molecule has 0 N–H and O–H groups in total. The standard InChI is InChI=1S/C30H32Si/c1-24(2)30(3,4)25-15-14-22-29(23-25)31(26-16-8-5-9-17-26,27-18-10-6-11-19-27)28-20-12-7-13-21-28/h5-24H,1-4H3. The molecule has 31 heavy (non-hydrogen) atoms. The van der Waals surface area contributed by atoms with Crippen LogP contribution in [0.5, 0.6) is 0 Å². The molecule has 4 aromatic rings. The second-order valence-corrected chi connectivity index (χ2v) is 13.1. The zero-order valence-corrected chi connectivity index (χ0v) is 20.0. The van der Waals surface area contributed by atoms with Crippen LogP contribution in [0, 0.1) is 5.92 Å². The molecule has 1 heteroatoms. The predicted octanol–water partition coefficient (Wildman–Crippen LogP) is 5.00. The van der Waals surface area contributed by atoms with Gasteiger partial charge in [-0.05, 0) is 37.6 Å². The van der Waals surface area contributed by atoms with Gasteiger partial charge in [-0.3, -0.25) is 0 Å². The Labute approximate surface area is 188 Å². The summed E-state index contributed by atoms with van der Waals surface area (Å²) in [5.41, 5.74) is 1.53. The lowest BCUT2D eigenvalue weighted by molar-refractivity contribution is 0.372. The van der Waals surface area contributed by atoms with Crippen LogP contribution in [0.1, 0.15) is 33.3 Å². The molecule has 0 spiro atoms. The average Bonchev–Trinajstić information content (AvgIpc) is 2.82. The third-order valence-electron chi connectivity index (χ3n) is 7.10. The molecule has 4 aromatic carbocycles. The van der Waals surface area contributed by atoms with E-state index in [0.29, 0.717) is 5.92 Å². The highest BCUT2D eigenvalue weighted by molar-refractivity contribution is 7.19. The Bertz CT molecular complexity index is 1020. The summed E-state index contributed by atoms with van der Waals surface area (Å²) in [6.45, 7) is 9.38. The minimum Gasteiger partial charge on any atom is -0.0623 e. The van der Waals surface area contributed by atoms with Gasteiger partial charge in [-0.2, -0.15) is 0 Å². The Kier molecular flexibility index (Phi) is 5.98. The molecule has 0 bridgehead atoms. The van der Waals surface area contributed by atoms with E-state index in [4.69, 9.17) is 0 Å². The van der Waals surface area contributed by atoms with E-state index < -0.39 is 8.07 Å². The fraction of sp³-hybridized carbons (Fsp3) is 0.200. The zero-order chi connectivity index (χ0) is 21.9. The Morgan fingerprint density at radius 2 is 0.903 bits per heavy atom. The first-order chi connectivity index (χ1) is 15.0. The van der Waals surface area contributed by atoms with Crippen molar-refractivity contribution in [2.24, 2.45) is 5.92 Å². The Morgan fingerprint density at radius 1 is 0.516 bits per heavy atom. The van der Waals surface area contributed by atoms with Crippen molar-refractivity contribution in [3.8, 4) is 0 Å². The van der Waals surface area contributed by atoms with E-state index in [-0.39, 0.29) is 5.41 Å². The molecular formula is C30H32Si. The van der Waals surface area contributed by atoms with Gasteiger partial charge in [-0.1, -0.05) is 143 Å². The summed E-state index contributed by atoms with van der Waals surface area (Å²) in [6.07, 6.45) is 0. The van der Waals surface area contributed by atoms with Gasteiger partial charge in [-0.25, -0.2) is 0 Å². The molecule has 0 saturated carbocycles. The first-order valence-corrected chi connectivity index (χ1v) is 13.2. The highest BCUT2D eigenvalue weighted by Crippen LogP contribution is 2.31. The maximum atomic E-state index is 2.50. The monoisotopic (exact) mass is 420 g/mol. The third-order valence-corrected chi connectivity index (χ3v) is 11.9. The SMILES string of the molecule is CC(C)C(C)(C)c1cccc([Si](c2ccccc2)(c2ccccc2)c2ccccc2)c1. The Balaban J connectivity index is 2.10. The lowest BCUT2D eigenvalue weighted by Gasteiger charge is -2.36. The van der Waals surface area contributed by atoms with Gasteiger partial charge in [-0.15, -0.1) is 0 Å². The summed E-state index contributed by atoms with van der Waals surface area (Å²) in [5, 5.41) is 5.72. The van der Waals surface area contributed by atoms with Crippen molar-refractivity contribution >= 4 is 28.8 Å². The molecule has 156 valence electrons. The van der Waals surface area contributed by atoms with E-state index in [9.17, 15) is 0 Å². The van der Waals surface area contributed by atoms with Gasteiger partial charge in [0.25, 0.3) is 0 Å². The van der Waals surface area contributed by atoms with Crippen LogP contribution in [0.4, 0.5) is 0 Å². The number of rotatable bonds is 6. The van der Waals surface area contributed by atoms with Crippen LogP contribution in [-0.2, 0) is 5.41 Å². The van der Waals surface area contributed by atoms with Crippen LogP contribution in [0.2, 0.25) is 0 Å². The van der Waals surface area contributed by atoms with Crippen LogP contribution in [0.3, 0.4) is 0 Å². The third kappa shape index (κ3) is 3.79. The molecule has 0 radical (unpaired) electrons. The highest BCUT2D eigenvalue weighted by Gasteiger charge is 2.41. The van der Waals surface area contributed by atoms with Gasteiger partial charge < -0.3 is 0 Å². The van der Waals surface area contributed by atoms with Crippen LogP contribution >= 0.6 is 0 Å². The number of hydrogen-bond donors (Lipinski definition) is 0. The molecule has 0 amide bonds. The molecule has 4 rings (SSSR count). The van der Waals surface area contributed by atoms with Crippen molar-refractivity contribution in [2.75, 3.05) is 0 Å². The number of benzene rings is 4. The van der Waals surface area contributed by atoms with E-state index in [1.807, 2.05) is 0 Å². The van der Waals surface area contributed by atoms with Crippen LogP contribution in [-0.4, -0.2) is 8.07 Å². The van der Waals surface area contributed by atoms with Gasteiger partial charge in [0.05, 0.1) is 0 Å². The van der Waals surface area contributed by atoms with E-state index in [2.05, 4.69) is 143 Å². The largest absolute Gasteiger partial charge is 0.179 e. The number of hydrogen-bond acceptors (Lipinski definition) is 0. The van der Waals surface area contributed by atoms with Gasteiger partial charge in [0.1, 0.15) is 0 Å². The zero-order valence-electron chi connectivity index (χ0n) is 19.0. The van der Waals surface area contributed by atoms with Crippen molar-refractivity contribution in [3.05, 3.63) is 121 Å². The lowest BCUT2D eigenvalue weighted by Crippen LogP contribution is -2.74. The summed E-state index contributed by atoms with van der Waals surface area (Å²) in [6, 6.07) is 42.9. The Morgan fingerprint density at radius 3 is 1.29 bits per heavy atom. The van der Waals surface area contributed by atoms with E-state index in [1.165, 1.54) is 26.3 Å². The summed E-state index contributed by atoms with van der Waals surface area (Å²) in [7, 11) is -2.44. The van der Waals surface area contributed by atoms with Crippen LogP contribution in [0.15, 0.2) is 115 Å². The van der Waals surface area contributed by atoms with Crippen LogP contribution in [0.25, 0.3) is 0 Å². The smallest absolute Gasteiger partial charge is 0.0623 e. The van der Waals surface area contributed by atoms with Gasteiger partial charge >= 0.3 is 0 Å². The van der Waals surface area contributed by atoms with Gasteiger partial charge in [0.15, 0.2) is 8.07 Å². The average molecular weight is 421 g/mol. The van der Waals surface area contributed by atoms with Gasteiger partial charge in [0, 0.05) is 0 Å². The van der Waals surface area contributed by atoms with Crippen molar-refractivity contribution in [1.29, 1.82) is 0 Å². The van der Waals surface area contributed by atoms with E-state index >= 15 is 0 Å². The predicted molar refractivity (Wildman–Crippen MR) is 138 cm³/mol. The fourth-order valence-corrected chi connectivity index (χ4v) is 9.35. The van der Waals surface area contributed by atoms with E-state index in [0.717, 1.165) is 0 Å². The minimum absolute atomic E-state index is 0.111. The normalized spacial score (nSPS) is 12.2. The van der Waals surface area contributed by atoms with Crippen molar-refractivity contribution in [1.82, 2.24) is 0 Å². The second-order valence-electron chi connectivity index (χ2n) is 9.31. The quantitative estimate of drug-likeness (QED) is 0.304. The molecule has 0 aliphatic carbocycles. The molecule has 0 aliphatic rings. The molecule has 0 saturated heterocycles. The molecule has 0 aromatic heterocycles. The minimum atomic E-state index is -2.44. The maximum absolute atomic E-state index is 2.50. The lowest BCUT2D eigenvalue weighted by atomic mass is 9.75. The molecule has 0 heterocycles. The molecule has 0 nitrogen and oxygen atoms in total. The first-order valence-electron chi connectivity index (χ1n) is 11.2. The Hall–Kier alpha value is -2.90. The molecular weight excluding hydrogens is 388 g/mol. The van der Waals surface area contributed by atoms with Gasteiger partial charge in [0.2, 0.25) is 0 Å². The molecule has 0 aliphatic heterocycles. The van der Waals surface area contributed by atoms with E-state index in [1.54, 1.807) is 0 Å². The van der Waals surface area contributed by atoms with Crippen LogP contribution < -0.4 is 20.7 Å². The topological polar surface area (TPSA) is 0 Å².